The van der Waals surface area contributed by atoms with Crippen molar-refractivity contribution >= 4 is 26.8 Å². The van der Waals surface area contributed by atoms with Crippen LogP contribution >= 0.6 is 15.9 Å². The van der Waals surface area contributed by atoms with Gasteiger partial charge in [-0.25, -0.2) is 4.68 Å². The molecule has 3 rings (SSSR count). The SMILES string of the molecule is COc1nn(C2OC(C)O2)c2ccc(Br)cc12. The van der Waals surface area contributed by atoms with E-state index in [4.69, 9.17) is 14.2 Å². The molecular weight excluding hydrogens is 288 g/mol. The summed E-state index contributed by atoms with van der Waals surface area (Å²) in [7, 11) is 1.60. The third-order valence-electron chi connectivity index (χ3n) is 2.64. The fourth-order valence-electron chi connectivity index (χ4n) is 1.85. The van der Waals surface area contributed by atoms with Crippen LogP contribution < -0.4 is 4.74 Å². The van der Waals surface area contributed by atoms with Gasteiger partial charge in [0.1, 0.15) is 0 Å². The first-order valence-electron chi connectivity index (χ1n) is 5.21. The Labute approximate surface area is 106 Å². The van der Waals surface area contributed by atoms with Gasteiger partial charge in [-0.1, -0.05) is 15.9 Å². The summed E-state index contributed by atoms with van der Waals surface area (Å²) < 4.78 is 18.8. The van der Waals surface area contributed by atoms with Crippen LogP contribution in [0.4, 0.5) is 0 Å². The number of benzene rings is 1. The zero-order valence-corrected chi connectivity index (χ0v) is 11.0. The lowest BCUT2D eigenvalue weighted by Gasteiger charge is -2.33. The van der Waals surface area contributed by atoms with E-state index in [9.17, 15) is 0 Å². The largest absolute Gasteiger partial charge is 0.479 e. The van der Waals surface area contributed by atoms with Gasteiger partial charge in [0.2, 0.25) is 5.88 Å². The fraction of sp³-hybridized carbons (Fsp3) is 0.364. The van der Waals surface area contributed by atoms with Gasteiger partial charge in [-0.15, -0.1) is 5.10 Å². The molecule has 1 aromatic carbocycles. The van der Waals surface area contributed by atoms with Crippen LogP contribution in [-0.2, 0) is 9.47 Å². The molecule has 1 fully saturated rings. The number of ether oxygens (including phenoxy) is 3. The van der Waals surface area contributed by atoms with Crippen molar-refractivity contribution in [1.82, 2.24) is 9.78 Å². The second kappa shape index (κ2) is 3.97. The number of aromatic nitrogens is 2. The average Bonchev–Trinajstić information content (AvgIpc) is 2.62. The molecule has 1 aliphatic rings. The van der Waals surface area contributed by atoms with Gasteiger partial charge in [0.15, 0.2) is 6.29 Å². The highest BCUT2D eigenvalue weighted by atomic mass is 79.9. The lowest BCUT2D eigenvalue weighted by atomic mass is 10.2. The van der Waals surface area contributed by atoms with Gasteiger partial charge in [-0.05, 0) is 25.1 Å². The molecule has 0 aliphatic carbocycles. The second-order valence-electron chi connectivity index (χ2n) is 3.76. The van der Waals surface area contributed by atoms with Crippen LogP contribution in [0.3, 0.4) is 0 Å². The molecule has 0 atom stereocenters. The van der Waals surface area contributed by atoms with E-state index in [0.717, 1.165) is 15.4 Å². The lowest BCUT2D eigenvalue weighted by Crippen LogP contribution is -2.36. The molecule has 1 aliphatic heterocycles. The molecule has 0 N–H and O–H groups in total. The van der Waals surface area contributed by atoms with Crippen molar-refractivity contribution in [2.75, 3.05) is 7.11 Å². The van der Waals surface area contributed by atoms with Crippen LogP contribution in [0.25, 0.3) is 10.9 Å². The molecule has 90 valence electrons. The van der Waals surface area contributed by atoms with Crippen molar-refractivity contribution in [3.63, 3.8) is 0 Å². The molecule has 0 spiro atoms. The van der Waals surface area contributed by atoms with Gasteiger partial charge in [0.25, 0.3) is 6.41 Å². The molecule has 1 saturated heterocycles. The van der Waals surface area contributed by atoms with E-state index in [-0.39, 0.29) is 6.29 Å². The van der Waals surface area contributed by atoms with Gasteiger partial charge in [-0.3, -0.25) is 0 Å². The molecule has 2 heterocycles. The third-order valence-corrected chi connectivity index (χ3v) is 3.14. The molecule has 0 radical (unpaired) electrons. The first-order chi connectivity index (χ1) is 8.19. The molecule has 1 aromatic heterocycles. The highest BCUT2D eigenvalue weighted by Crippen LogP contribution is 2.34. The summed E-state index contributed by atoms with van der Waals surface area (Å²) in [6.45, 7) is 1.84. The zero-order valence-electron chi connectivity index (χ0n) is 9.38. The summed E-state index contributed by atoms with van der Waals surface area (Å²) in [5.74, 6) is 0.563. The molecule has 0 saturated carbocycles. The number of halogens is 1. The van der Waals surface area contributed by atoms with Crippen LogP contribution in [0, 0.1) is 0 Å². The van der Waals surface area contributed by atoms with Gasteiger partial charge < -0.3 is 14.2 Å². The maximum atomic E-state index is 5.43. The average molecular weight is 299 g/mol. The number of rotatable bonds is 2. The summed E-state index contributed by atoms with van der Waals surface area (Å²) in [6.07, 6.45) is -0.640. The van der Waals surface area contributed by atoms with Crippen molar-refractivity contribution in [1.29, 1.82) is 0 Å². The second-order valence-corrected chi connectivity index (χ2v) is 4.68. The normalized spacial score (nSPS) is 23.7. The van der Waals surface area contributed by atoms with Crippen LogP contribution in [0.5, 0.6) is 5.88 Å². The molecule has 5 nitrogen and oxygen atoms in total. The van der Waals surface area contributed by atoms with E-state index in [1.165, 1.54) is 0 Å². The fourth-order valence-corrected chi connectivity index (χ4v) is 2.21. The number of hydrogen-bond donors (Lipinski definition) is 0. The standard InChI is InChI=1S/C11H11BrN2O3/c1-6-16-11(17-6)14-9-4-3-7(12)5-8(9)10(13-14)15-2/h3-6,11H,1-2H3. The van der Waals surface area contributed by atoms with Crippen molar-refractivity contribution < 1.29 is 14.2 Å². The maximum Gasteiger partial charge on any atom is 0.264 e. The smallest absolute Gasteiger partial charge is 0.264 e. The highest BCUT2D eigenvalue weighted by Gasteiger charge is 2.31. The monoisotopic (exact) mass is 298 g/mol. The Morgan fingerprint density at radius 1 is 1.41 bits per heavy atom. The number of hydrogen-bond acceptors (Lipinski definition) is 4. The minimum absolute atomic E-state index is 0.180. The Hall–Kier alpha value is -1.11. The summed E-state index contributed by atoms with van der Waals surface area (Å²) in [4.78, 5) is 0. The number of nitrogens with zero attached hydrogens (tertiary/aromatic N) is 2. The maximum absolute atomic E-state index is 5.43. The summed E-state index contributed by atoms with van der Waals surface area (Å²) >= 11 is 3.43. The first-order valence-corrected chi connectivity index (χ1v) is 6.01. The Bertz CT molecular complexity index is 563. The first kappa shape index (κ1) is 11.0. The Balaban J connectivity index is 2.12. The van der Waals surface area contributed by atoms with Crippen LogP contribution in [0.1, 0.15) is 13.3 Å². The minimum atomic E-state index is -0.461. The van der Waals surface area contributed by atoms with E-state index in [2.05, 4.69) is 21.0 Å². The zero-order chi connectivity index (χ0) is 12.0. The van der Waals surface area contributed by atoms with E-state index < -0.39 is 6.41 Å². The van der Waals surface area contributed by atoms with Crippen molar-refractivity contribution in [2.24, 2.45) is 0 Å². The molecular formula is C11H11BrN2O3. The third kappa shape index (κ3) is 1.72. The van der Waals surface area contributed by atoms with E-state index >= 15 is 0 Å². The van der Waals surface area contributed by atoms with Crippen LogP contribution in [-0.4, -0.2) is 23.2 Å². The molecule has 0 unspecified atom stereocenters. The molecule has 2 aromatic rings. The molecule has 6 heteroatoms. The Morgan fingerprint density at radius 3 is 2.82 bits per heavy atom. The van der Waals surface area contributed by atoms with E-state index in [1.807, 2.05) is 25.1 Å². The van der Waals surface area contributed by atoms with Gasteiger partial charge in [0, 0.05) is 4.47 Å². The van der Waals surface area contributed by atoms with Gasteiger partial charge in [-0.2, -0.15) is 0 Å². The molecule has 0 amide bonds. The van der Waals surface area contributed by atoms with Crippen molar-refractivity contribution in [2.45, 2.75) is 19.6 Å². The van der Waals surface area contributed by atoms with Crippen LogP contribution in [0.15, 0.2) is 22.7 Å². The van der Waals surface area contributed by atoms with E-state index in [1.54, 1.807) is 11.8 Å². The van der Waals surface area contributed by atoms with Gasteiger partial charge >= 0.3 is 0 Å². The van der Waals surface area contributed by atoms with E-state index in [0.29, 0.717) is 5.88 Å². The minimum Gasteiger partial charge on any atom is -0.479 e. The summed E-state index contributed by atoms with van der Waals surface area (Å²) in [5, 5.41) is 5.25. The summed E-state index contributed by atoms with van der Waals surface area (Å²) in [6, 6.07) is 5.85. The lowest BCUT2D eigenvalue weighted by molar-refractivity contribution is -0.414. The van der Waals surface area contributed by atoms with Crippen LogP contribution in [0.2, 0.25) is 0 Å². The quantitative estimate of drug-likeness (QED) is 0.855. The predicted octanol–water partition coefficient (Wildman–Crippen LogP) is 2.66. The Kier molecular flexibility index (Phi) is 2.57. The molecule has 0 bridgehead atoms. The number of fused-ring (bicyclic) bond motifs is 1. The topological polar surface area (TPSA) is 45.5 Å². The van der Waals surface area contributed by atoms with Crippen molar-refractivity contribution in [3.8, 4) is 5.88 Å². The Morgan fingerprint density at radius 2 is 2.18 bits per heavy atom. The highest BCUT2D eigenvalue weighted by molar-refractivity contribution is 9.10. The molecule has 17 heavy (non-hydrogen) atoms. The summed E-state index contributed by atoms with van der Waals surface area (Å²) in [5.41, 5.74) is 0.918. The number of methoxy groups -OCH3 is 1. The predicted molar refractivity (Wildman–Crippen MR) is 64.7 cm³/mol. The van der Waals surface area contributed by atoms with Crippen molar-refractivity contribution in [3.05, 3.63) is 22.7 Å². The van der Waals surface area contributed by atoms with Gasteiger partial charge in [0.05, 0.1) is 18.0 Å².